The van der Waals surface area contributed by atoms with Crippen LogP contribution in [0.1, 0.15) is 0 Å². The Bertz CT molecular complexity index is 694. The Kier molecular flexibility index (Phi) is 2.98. The van der Waals surface area contributed by atoms with Crippen molar-refractivity contribution in [1.82, 2.24) is 10.3 Å². The van der Waals surface area contributed by atoms with Gasteiger partial charge in [-0.25, -0.2) is 9.59 Å². The molecule has 4 rings (SSSR count). The minimum atomic E-state index is -0.847. The Morgan fingerprint density at radius 2 is 2.14 bits per heavy atom. The third kappa shape index (κ3) is 1.94. The van der Waals surface area contributed by atoms with E-state index in [-0.39, 0.29) is 6.04 Å². The Morgan fingerprint density at radius 3 is 2.95 bits per heavy atom. The summed E-state index contributed by atoms with van der Waals surface area (Å²) in [5.74, 6) is -1.07. The quantitative estimate of drug-likeness (QED) is 0.719. The van der Waals surface area contributed by atoms with Crippen LogP contribution in [0.3, 0.4) is 0 Å². The summed E-state index contributed by atoms with van der Waals surface area (Å²) >= 11 is 3.40. The molecule has 8 heteroatoms. The van der Waals surface area contributed by atoms with Crippen molar-refractivity contribution in [2.45, 2.75) is 17.9 Å². The third-order valence-electron chi connectivity index (χ3n) is 4.20. The summed E-state index contributed by atoms with van der Waals surface area (Å²) in [6.45, 7) is 0.998. The van der Waals surface area contributed by atoms with E-state index in [0.29, 0.717) is 13.1 Å². The summed E-state index contributed by atoms with van der Waals surface area (Å²) in [6.07, 6.45) is 5.01. The van der Waals surface area contributed by atoms with E-state index in [2.05, 4.69) is 31.1 Å². The average molecular weight is 366 g/mol. The minimum Gasteiger partial charge on any atom is -0.446 e. The highest BCUT2D eigenvalue weighted by atomic mass is 79.9. The van der Waals surface area contributed by atoms with Crippen LogP contribution in [0.15, 0.2) is 35.1 Å². The van der Waals surface area contributed by atoms with Gasteiger partial charge in [-0.15, -0.1) is 0 Å². The first-order valence-corrected chi connectivity index (χ1v) is 7.60. The maximum Gasteiger partial charge on any atom is 0.332 e. The Morgan fingerprint density at radius 1 is 1.32 bits per heavy atom. The van der Waals surface area contributed by atoms with E-state index >= 15 is 0 Å². The molecule has 2 saturated heterocycles. The average Bonchev–Trinajstić information content (AvgIpc) is 2.69. The number of ether oxygens (including phenoxy) is 2. The van der Waals surface area contributed by atoms with E-state index in [4.69, 9.17) is 9.47 Å². The van der Waals surface area contributed by atoms with E-state index in [1.165, 1.54) is 0 Å². The molecule has 4 heterocycles. The third-order valence-corrected chi connectivity index (χ3v) is 4.63. The molecule has 114 valence electrons. The van der Waals surface area contributed by atoms with Crippen molar-refractivity contribution in [3.05, 3.63) is 35.1 Å². The fourth-order valence-corrected chi connectivity index (χ4v) is 3.55. The number of anilines is 1. The predicted octanol–water partition coefficient (Wildman–Crippen LogP) is 0.357. The molecule has 0 aliphatic carbocycles. The van der Waals surface area contributed by atoms with Gasteiger partial charge in [0.2, 0.25) is 5.60 Å². The van der Waals surface area contributed by atoms with Crippen LogP contribution >= 0.6 is 15.9 Å². The van der Waals surface area contributed by atoms with Crippen LogP contribution < -0.4 is 10.2 Å². The maximum absolute atomic E-state index is 11.8. The van der Waals surface area contributed by atoms with E-state index in [1.54, 1.807) is 12.4 Å². The molecule has 0 bridgehead atoms. The smallest absolute Gasteiger partial charge is 0.332 e. The monoisotopic (exact) mass is 365 g/mol. The molecule has 1 N–H and O–H groups in total. The second kappa shape index (κ2) is 4.79. The fourth-order valence-electron chi connectivity index (χ4n) is 3.20. The van der Waals surface area contributed by atoms with Gasteiger partial charge in [-0.3, -0.25) is 10.3 Å². The van der Waals surface area contributed by atoms with Crippen molar-refractivity contribution >= 4 is 33.6 Å². The first-order chi connectivity index (χ1) is 10.6. The lowest BCUT2D eigenvalue weighted by atomic mass is 9.84. The largest absolute Gasteiger partial charge is 0.446 e. The van der Waals surface area contributed by atoms with Gasteiger partial charge in [0, 0.05) is 29.4 Å². The van der Waals surface area contributed by atoms with Gasteiger partial charge in [-0.1, -0.05) is 0 Å². The molecule has 1 unspecified atom stereocenters. The standard InChI is InChI=1S/C14H12BrN3O4/c15-8-3-9(5-16-4-8)18-7-14-10(18)6-17-13(14)21-11(19)1-2-12(20)22-14/h1-5,10,13,17H,6-7H2/b2-1+/t10-,13?,14+/m0/s1. The Balaban J connectivity index is 1.65. The number of rotatable bonds is 1. The number of carbonyl (C=O) groups excluding carboxylic acids is 2. The molecule has 7 nitrogen and oxygen atoms in total. The first kappa shape index (κ1) is 13.7. The number of nitrogens with zero attached hydrogens (tertiary/aromatic N) is 2. The highest BCUT2D eigenvalue weighted by Crippen LogP contribution is 2.43. The molecule has 0 aromatic carbocycles. The summed E-state index contributed by atoms with van der Waals surface area (Å²) in [6, 6.07) is 1.85. The molecule has 22 heavy (non-hydrogen) atoms. The molecule has 0 amide bonds. The molecule has 0 saturated carbocycles. The van der Waals surface area contributed by atoms with Gasteiger partial charge >= 0.3 is 11.9 Å². The van der Waals surface area contributed by atoms with Gasteiger partial charge in [0.1, 0.15) is 0 Å². The second-order valence-corrected chi connectivity index (χ2v) is 6.36. The number of esters is 2. The van der Waals surface area contributed by atoms with Crippen LogP contribution in [0.4, 0.5) is 5.69 Å². The Hall–Kier alpha value is -1.93. The molecule has 1 aromatic heterocycles. The maximum atomic E-state index is 11.8. The minimum absolute atomic E-state index is 0.100. The van der Waals surface area contributed by atoms with Gasteiger partial charge in [0.05, 0.1) is 24.5 Å². The van der Waals surface area contributed by atoms with Gasteiger partial charge in [-0.05, 0) is 22.0 Å². The molecule has 3 aliphatic heterocycles. The van der Waals surface area contributed by atoms with Gasteiger partial charge in [-0.2, -0.15) is 0 Å². The number of hydrogen-bond donors (Lipinski definition) is 1. The lowest BCUT2D eigenvalue weighted by molar-refractivity contribution is -0.188. The van der Waals surface area contributed by atoms with Crippen molar-refractivity contribution < 1.29 is 19.1 Å². The first-order valence-electron chi connectivity index (χ1n) is 6.81. The zero-order chi connectivity index (χ0) is 15.3. The molecule has 3 atom stereocenters. The molecule has 3 aliphatic rings. The normalized spacial score (nSPS) is 34.5. The topological polar surface area (TPSA) is 80.8 Å². The van der Waals surface area contributed by atoms with Crippen LogP contribution in [-0.2, 0) is 19.1 Å². The van der Waals surface area contributed by atoms with E-state index in [1.807, 2.05) is 6.07 Å². The van der Waals surface area contributed by atoms with E-state index in [9.17, 15) is 9.59 Å². The van der Waals surface area contributed by atoms with E-state index < -0.39 is 23.8 Å². The number of aromatic nitrogens is 1. The lowest BCUT2D eigenvalue weighted by Gasteiger charge is -2.54. The van der Waals surface area contributed by atoms with Crippen LogP contribution in [0.25, 0.3) is 0 Å². The van der Waals surface area contributed by atoms with Crippen LogP contribution in [0.2, 0.25) is 0 Å². The van der Waals surface area contributed by atoms with Crippen molar-refractivity contribution in [3.8, 4) is 0 Å². The summed E-state index contributed by atoms with van der Waals surface area (Å²) in [5.41, 5.74) is 0.0761. The summed E-state index contributed by atoms with van der Waals surface area (Å²) in [7, 11) is 0. The molecular formula is C14H12BrN3O4. The highest BCUT2D eigenvalue weighted by Gasteiger charge is 2.66. The SMILES string of the molecule is O=C1/C=C/C(=O)O[C@]23CN(c4cncc(Br)c4)[C@H]2CNC3O1. The zero-order valence-electron chi connectivity index (χ0n) is 11.4. The fraction of sp³-hybridized carbons (Fsp3) is 0.357. The zero-order valence-corrected chi connectivity index (χ0v) is 12.9. The Labute approximate surface area is 134 Å². The van der Waals surface area contributed by atoms with Crippen LogP contribution in [-0.4, -0.2) is 47.9 Å². The van der Waals surface area contributed by atoms with Crippen LogP contribution in [0, 0.1) is 0 Å². The highest BCUT2D eigenvalue weighted by molar-refractivity contribution is 9.10. The van der Waals surface area contributed by atoms with Gasteiger partial charge < -0.3 is 14.4 Å². The summed E-state index contributed by atoms with van der Waals surface area (Å²) in [4.78, 5) is 29.7. The summed E-state index contributed by atoms with van der Waals surface area (Å²) in [5, 5.41) is 3.12. The molecular weight excluding hydrogens is 354 g/mol. The molecule has 2 fully saturated rings. The number of carbonyl (C=O) groups is 2. The van der Waals surface area contributed by atoms with Gasteiger partial charge in [0.15, 0.2) is 6.23 Å². The van der Waals surface area contributed by atoms with Crippen LogP contribution in [0.5, 0.6) is 0 Å². The van der Waals surface area contributed by atoms with Gasteiger partial charge in [0.25, 0.3) is 0 Å². The summed E-state index contributed by atoms with van der Waals surface area (Å²) < 4.78 is 11.8. The number of halogens is 1. The van der Waals surface area contributed by atoms with Crippen molar-refractivity contribution in [2.75, 3.05) is 18.0 Å². The molecule has 1 aromatic rings. The number of pyridine rings is 1. The number of nitrogens with one attached hydrogen (secondary N) is 1. The van der Waals surface area contributed by atoms with Crippen molar-refractivity contribution in [3.63, 3.8) is 0 Å². The predicted molar refractivity (Wildman–Crippen MR) is 78.9 cm³/mol. The molecule has 0 radical (unpaired) electrons. The van der Waals surface area contributed by atoms with Crippen molar-refractivity contribution in [1.29, 1.82) is 0 Å². The number of hydrogen-bond acceptors (Lipinski definition) is 7. The molecule has 1 spiro atoms. The van der Waals surface area contributed by atoms with E-state index in [0.717, 1.165) is 22.3 Å². The van der Waals surface area contributed by atoms with Crippen molar-refractivity contribution in [2.24, 2.45) is 0 Å². The lowest BCUT2D eigenvalue weighted by Crippen LogP contribution is -2.74. The second-order valence-electron chi connectivity index (χ2n) is 5.44.